The number of nitrogens with one attached hydrogen (secondary N) is 1. The molecule has 0 spiro atoms. The maximum absolute atomic E-state index is 5.67. The van der Waals surface area contributed by atoms with Gasteiger partial charge in [-0.2, -0.15) is 0 Å². The van der Waals surface area contributed by atoms with E-state index < -0.39 is 0 Å². The van der Waals surface area contributed by atoms with E-state index in [1.165, 1.54) is 44.1 Å². The van der Waals surface area contributed by atoms with Gasteiger partial charge in [0.1, 0.15) is 0 Å². The number of aliphatic imine (C=N–C) groups is 1. The van der Waals surface area contributed by atoms with Crippen molar-refractivity contribution in [1.29, 1.82) is 0 Å². The third kappa shape index (κ3) is 5.85. The Morgan fingerprint density at radius 3 is 2.58 bits per heavy atom. The Kier molecular flexibility index (Phi) is 8.88. The number of benzene rings is 1. The number of likely N-dealkylation sites (tertiary alicyclic amines) is 1. The zero-order valence-electron chi connectivity index (χ0n) is 19.9. The zero-order chi connectivity index (χ0) is 22.1. The summed E-state index contributed by atoms with van der Waals surface area (Å²) < 4.78 is 16.7. The Morgan fingerprint density at radius 1 is 1.13 bits per heavy atom. The van der Waals surface area contributed by atoms with Crippen LogP contribution in [0.4, 0.5) is 0 Å². The van der Waals surface area contributed by atoms with Crippen LogP contribution in [0.5, 0.6) is 11.5 Å². The number of rotatable bonds is 9. The third-order valence-corrected chi connectivity index (χ3v) is 6.82. The number of hydrogen-bond acceptors (Lipinski definition) is 4. The van der Waals surface area contributed by atoms with Gasteiger partial charge in [0.15, 0.2) is 17.5 Å². The van der Waals surface area contributed by atoms with Crippen molar-refractivity contribution in [3.05, 3.63) is 23.8 Å². The Hall–Kier alpha value is -1.95. The second-order valence-corrected chi connectivity index (χ2v) is 8.84. The van der Waals surface area contributed by atoms with Gasteiger partial charge in [-0.15, -0.1) is 0 Å². The van der Waals surface area contributed by atoms with E-state index in [1.54, 1.807) is 14.2 Å². The van der Waals surface area contributed by atoms with Crippen molar-refractivity contribution in [2.75, 3.05) is 53.6 Å². The molecule has 2 fully saturated rings. The molecule has 0 radical (unpaired) electrons. The molecule has 1 saturated carbocycles. The molecule has 6 nitrogen and oxygen atoms in total. The number of hydrogen-bond donors (Lipinski definition) is 1. The molecule has 1 N–H and O–H groups in total. The predicted octanol–water partition coefficient (Wildman–Crippen LogP) is 4.23. The number of ether oxygens (including phenoxy) is 3. The Bertz CT molecular complexity index is 716. The third-order valence-electron chi connectivity index (χ3n) is 6.82. The quantitative estimate of drug-likeness (QED) is 0.468. The smallest absolute Gasteiger partial charge is 0.193 e. The lowest BCUT2D eigenvalue weighted by Crippen LogP contribution is -2.42. The van der Waals surface area contributed by atoms with Crippen LogP contribution in [0.15, 0.2) is 23.2 Å². The van der Waals surface area contributed by atoms with Crippen molar-refractivity contribution >= 4 is 5.96 Å². The van der Waals surface area contributed by atoms with Crippen LogP contribution >= 0.6 is 0 Å². The minimum absolute atomic E-state index is 0.0585. The molecular weight excluding hydrogens is 390 g/mol. The first kappa shape index (κ1) is 23.7. The summed E-state index contributed by atoms with van der Waals surface area (Å²) in [6.45, 7) is 9.61. The fourth-order valence-electron chi connectivity index (χ4n) is 5.03. The van der Waals surface area contributed by atoms with Gasteiger partial charge in [0.2, 0.25) is 0 Å². The van der Waals surface area contributed by atoms with Gasteiger partial charge in [0.25, 0.3) is 0 Å². The molecule has 1 atom stereocenters. The van der Waals surface area contributed by atoms with Gasteiger partial charge in [-0.1, -0.05) is 25.3 Å². The second-order valence-electron chi connectivity index (χ2n) is 8.84. The van der Waals surface area contributed by atoms with E-state index in [-0.39, 0.29) is 5.41 Å². The van der Waals surface area contributed by atoms with E-state index in [0.717, 1.165) is 56.9 Å². The summed E-state index contributed by atoms with van der Waals surface area (Å²) in [5.74, 6) is 3.23. The van der Waals surface area contributed by atoms with Crippen LogP contribution in [0.2, 0.25) is 0 Å². The molecule has 1 aliphatic heterocycles. The van der Waals surface area contributed by atoms with E-state index in [1.807, 2.05) is 6.07 Å². The summed E-state index contributed by atoms with van der Waals surface area (Å²) >= 11 is 0. The zero-order valence-corrected chi connectivity index (χ0v) is 19.9. The normalized spacial score (nSPS) is 21.2. The molecular formula is C25H41N3O3. The van der Waals surface area contributed by atoms with E-state index >= 15 is 0 Å². The molecule has 1 saturated heterocycles. The predicted molar refractivity (Wildman–Crippen MR) is 126 cm³/mol. The first-order chi connectivity index (χ1) is 15.2. The summed E-state index contributed by atoms with van der Waals surface area (Å²) in [4.78, 5) is 7.61. The molecule has 0 amide bonds. The average molecular weight is 432 g/mol. The van der Waals surface area contributed by atoms with Crippen LogP contribution in [-0.4, -0.2) is 64.5 Å². The molecule has 1 unspecified atom stereocenters. The first-order valence-corrected chi connectivity index (χ1v) is 12.0. The van der Waals surface area contributed by atoms with Gasteiger partial charge >= 0.3 is 0 Å². The van der Waals surface area contributed by atoms with Gasteiger partial charge in [-0.05, 0) is 50.8 Å². The lowest BCUT2D eigenvalue weighted by Gasteiger charge is -2.37. The molecule has 1 aromatic carbocycles. The van der Waals surface area contributed by atoms with E-state index in [2.05, 4.69) is 36.2 Å². The summed E-state index contributed by atoms with van der Waals surface area (Å²) in [5, 5.41) is 3.54. The Labute approximate surface area is 188 Å². The highest BCUT2D eigenvalue weighted by Gasteiger charge is 2.35. The van der Waals surface area contributed by atoms with E-state index in [9.17, 15) is 0 Å². The summed E-state index contributed by atoms with van der Waals surface area (Å²) in [6, 6.07) is 6.42. The van der Waals surface area contributed by atoms with Crippen molar-refractivity contribution in [2.45, 2.75) is 57.8 Å². The van der Waals surface area contributed by atoms with Gasteiger partial charge in [0.05, 0.1) is 27.4 Å². The maximum Gasteiger partial charge on any atom is 0.193 e. The number of nitrogens with zero attached hydrogens (tertiary/aromatic N) is 2. The van der Waals surface area contributed by atoms with Crippen molar-refractivity contribution in [3.8, 4) is 11.5 Å². The molecule has 0 aromatic heterocycles. The summed E-state index contributed by atoms with van der Waals surface area (Å²) in [7, 11) is 3.40. The highest BCUT2D eigenvalue weighted by atomic mass is 16.5. The van der Waals surface area contributed by atoms with Crippen molar-refractivity contribution in [1.82, 2.24) is 10.2 Å². The molecule has 174 valence electrons. The largest absolute Gasteiger partial charge is 0.493 e. The topological polar surface area (TPSA) is 55.3 Å². The standard InChI is InChI=1S/C25H41N3O3/c1-5-26-24(28-15-12-20(17-28)18-31-6-2)27-19-25(13-8-7-9-14-25)21-10-11-22(29-3)23(16-21)30-4/h10-11,16,20H,5-9,12-15,17-19H2,1-4H3,(H,26,27). The van der Waals surface area contributed by atoms with E-state index in [4.69, 9.17) is 19.2 Å². The van der Waals surface area contributed by atoms with E-state index in [0.29, 0.717) is 5.92 Å². The Morgan fingerprint density at radius 2 is 1.90 bits per heavy atom. The molecule has 1 aliphatic carbocycles. The van der Waals surface area contributed by atoms with Crippen LogP contribution in [0, 0.1) is 5.92 Å². The highest BCUT2D eigenvalue weighted by molar-refractivity contribution is 5.80. The van der Waals surface area contributed by atoms with Crippen LogP contribution < -0.4 is 14.8 Å². The minimum atomic E-state index is 0.0585. The number of guanidine groups is 1. The van der Waals surface area contributed by atoms with Crippen molar-refractivity contribution < 1.29 is 14.2 Å². The molecule has 6 heteroatoms. The molecule has 0 bridgehead atoms. The lowest BCUT2D eigenvalue weighted by molar-refractivity contribution is 0.114. The first-order valence-electron chi connectivity index (χ1n) is 12.0. The van der Waals surface area contributed by atoms with Crippen LogP contribution in [-0.2, 0) is 10.2 Å². The van der Waals surface area contributed by atoms with Crippen LogP contribution in [0.1, 0.15) is 57.9 Å². The molecule has 31 heavy (non-hydrogen) atoms. The molecule has 2 aliphatic rings. The molecule has 3 rings (SSSR count). The summed E-state index contributed by atoms with van der Waals surface area (Å²) in [5.41, 5.74) is 1.38. The fourth-order valence-corrected chi connectivity index (χ4v) is 5.03. The molecule has 1 aromatic rings. The second kappa shape index (κ2) is 11.6. The van der Waals surface area contributed by atoms with Gasteiger partial charge in [-0.3, -0.25) is 4.99 Å². The van der Waals surface area contributed by atoms with Gasteiger partial charge < -0.3 is 24.4 Å². The summed E-state index contributed by atoms with van der Waals surface area (Å²) in [6.07, 6.45) is 7.31. The van der Waals surface area contributed by atoms with Gasteiger partial charge in [-0.25, -0.2) is 0 Å². The van der Waals surface area contributed by atoms with Crippen LogP contribution in [0.25, 0.3) is 0 Å². The number of methoxy groups -OCH3 is 2. The SMILES string of the molecule is CCNC(=NCC1(c2ccc(OC)c(OC)c2)CCCCC1)N1CCC(COCC)C1. The van der Waals surface area contributed by atoms with Gasteiger partial charge in [0, 0.05) is 37.6 Å². The van der Waals surface area contributed by atoms with Crippen molar-refractivity contribution in [3.63, 3.8) is 0 Å². The van der Waals surface area contributed by atoms with Crippen LogP contribution in [0.3, 0.4) is 0 Å². The average Bonchev–Trinajstić information content (AvgIpc) is 3.29. The lowest BCUT2D eigenvalue weighted by atomic mass is 9.69. The Balaban J connectivity index is 1.81. The fraction of sp³-hybridized carbons (Fsp3) is 0.720. The highest BCUT2D eigenvalue weighted by Crippen LogP contribution is 2.42. The molecule has 1 heterocycles. The maximum atomic E-state index is 5.67. The monoisotopic (exact) mass is 431 g/mol. The minimum Gasteiger partial charge on any atom is -0.493 e. The van der Waals surface area contributed by atoms with Crippen molar-refractivity contribution in [2.24, 2.45) is 10.9 Å².